The van der Waals surface area contributed by atoms with Crippen molar-refractivity contribution in [3.05, 3.63) is 75.7 Å². The van der Waals surface area contributed by atoms with E-state index in [2.05, 4.69) is 20.9 Å². The third-order valence-electron chi connectivity index (χ3n) is 6.11. The number of benzene rings is 2. The Kier molecular flexibility index (Phi) is 20.6. The number of aliphatic carboxylic acids is 1. The highest BCUT2D eigenvalue weighted by Crippen LogP contribution is 2.23. The first-order chi connectivity index (χ1) is 24.7. The van der Waals surface area contributed by atoms with Gasteiger partial charge in [0.15, 0.2) is 5.82 Å². The zero-order valence-electron chi connectivity index (χ0n) is 28.6. The van der Waals surface area contributed by atoms with Crippen molar-refractivity contribution in [2.45, 2.75) is 65.6 Å². The number of carboxylic acids is 1. The third kappa shape index (κ3) is 18.6. The van der Waals surface area contributed by atoms with Crippen LogP contribution < -0.4 is 33.0 Å². The topological polar surface area (TPSA) is 256 Å². The average Bonchev–Trinajstić information content (AvgIpc) is 3.05. The number of nitrogen functional groups attached to an aromatic ring is 2. The molecule has 2 amide bonds. The Morgan fingerprint density at radius 2 is 1.58 bits per heavy atom. The van der Waals surface area contributed by atoms with Gasteiger partial charge in [-0.1, -0.05) is 37.6 Å². The lowest BCUT2D eigenvalue weighted by atomic mass is 10.1. The molecule has 0 bridgehead atoms. The molecule has 1 aromatic heterocycles. The first-order valence-corrected chi connectivity index (χ1v) is 15.2. The molecule has 21 heteroatoms. The molecule has 53 heavy (non-hydrogen) atoms. The summed E-state index contributed by atoms with van der Waals surface area (Å²) in [7, 11) is 0. The number of aromatic nitrogens is 2. The number of carboxylic acid groups (broad SMARTS) is 2. The van der Waals surface area contributed by atoms with Gasteiger partial charge in [-0.15, -0.1) is 0 Å². The van der Waals surface area contributed by atoms with Crippen LogP contribution in [-0.4, -0.2) is 75.3 Å². The molecule has 292 valence electrons. The quantitative estimate of drug-likeness (QED) is 0.0327. The largest absolute Gasteiger partial charge is 0.490 e. The molecule has 0 fully saturated rings. The minimum atomic E-state index is -5.08. The van der Waals surface area contributed by atoms with Crippen LogP contribution in [0.25, 0.3) is 11.3 Å². The maximum absolute atomic E-state index is 13.4. The molecule has 0 radical (unpaired) electrons. The van der Waals surface area contributed by atoms with Crippen molar-refractivity contribution in [1.29, 1.82) is 5.41 Å². The molecular formula is C32H40F6N8O7. The van der Waals surface area contributed by atoms with Gasteiger partial charge < -0.3 is 37.6 Å². The molecule has 3 aromatic rings. The van der Waals surface area contributed by atoms with E-state index in [9.17, 15) is 40.7 Å². The minimum absolute atomic E-state index is 0.0378. The number of amidine groups is 1. The van der Waals surface area contributed by atoms with Gasteiger partial charge >= 0.3 is 18.8 Å². The lowest BCUT2D eigenvalue weighted by Crippen LogP contribution is -2.35. The predicted molar refractivity (Wildman–Crippen MR) is 183 cm³/mol. The van der Waals surface area contributed by atoms with Crippen molar-refractivity contribution in [2.75, 3.05) is 17.6 Å². The highest BCUT2D eigenvalue weighted by Gasteiger charge is 2.38. The lowest BCUT2D eigenvalue weighted by molar-refractivity contribution is -0.192. The van der Waals surface area contributed by atoms with Gasteiger partial charge in [-0.2, -0.15) is 26.3 Å². The number of carbonyl (C=O) groups is 4. The fourth-order valence-corrected chi connectivity index (χ4v) is 3.86. The fourth-order valence-electron chi connectivity index (χ4n) is 3.86. The van der Waals surface area contributed by atoms with E-state index in [1.54, 1.807) is 42.5 Å². The molecule has 1 heterocycles. The summed E-state index contributed by atoms with van der Waals surface area (Å²) in [5.41, 5.74) is 14.1. The van der Waals surface area contributed by atoms with E-state index < -0.39 is 30.3 Å². The number of nitrogens with zero attached hydrogens (tertiary/aromatic N) is 2. The van der Waals surface area contributed by atoms with Gasteiger partial charge in [-0.05, 0) is 44.0 Å². The average molecular weight is 763 g/mol. The summed E-state index contributed by atoms with van der Waals surface area (Å²) in [6, 6.07) is 11.7. The molecule has 0 saturated carbocycles. The lowest BCUT2D eigenvalue weighted by Gasteiger charge is -2.17. The van der Waals surface area contributed by atoms with Gasteiger partial charge in [0.1, 0.15) is 12.4 Å². The summed E-state index contributed by atoms with van der Waals surface area (Å²) in [6.07, 6.45) is -1.79. The highest BCUT2D eigenvalue weighted by molar-refractivity contribution is 5.96. The van der Waals surface area contributed by atoms with E-state index in [0.29, 0.717) is 34.6 Å². The number of carbonyl (C=O) groups excluding carboxylic acids is 2. The van der Waals surface area contributed by atoms with Crippen molar-refractivity contribution in [3.8, 4) is 11.3 Å². The van der Waals surface area contributed by atoms with Gasteiger partial charge in [0, 0.05) is 41.5 Å². The zero-order chi connectivity index (χ0) is 40.9. The van der Waals surface area contributed by atoms with Crippen molar-refractivity contribution in [1.82, 2.24) is 20.2 Å². The summed E-state index contributed by atoms with van der Waals surface area (Å²) >= 11 is 0. The number of hydrogen-bond acceptors (Lipinski definition) is 9. The maximum atomic E-state index is 13.4. The van der Waals surface area contributed by atoms with Crippen LogP contribution in [0.2, 0.25) is 0 Å². The van der Waals surface area contributed by atoms with E-state index in [4.69, 9.17) is 36.7 Å². The zero-order valence-corrected chi connectivity index (χ0v) is 28.6. The van der Waals surface area contributed by atoms with Crippen LogP contribution in [0.15, 0.2) is 53.5 Å². The number of rotatable bonds is 12. The van der Waals surface area contributed by atoms with Crippen molar-refractivity contribution >= 4 is 41.6 Å². The summed E-state index contributed by atoms with van der Waals surface area (Å²) in [4.78, 5) is 60.6. The highest BCUT2D eigenvalue weighted by atomic mass is 19.4. The number of halogens is 6. The van der Waals surface area contributed by atoms with Crippen LogP contribution in [0, 0.1) is 5.41 Å². The number of nitrogens with one attached hydrogen (secondary N) is 4. The molecule has 0 unspecified atom stereocenters. The van der Waals surface area contributed by atoms with Crippen LogP contribution in [0.5, 0.6) is 0 Å². The SMILES string of the molecule is CCCCNC(=O)c1cc(N)cc(-c2cnc(NC(C)C)c(=O)n2CC(=O)NCc2ccc(C(=N)N)cc2)c1.FC(F)F.O=C(O)C(F)(F)F.O=CO. The molecule has 0 aliphatic carbocycles. The number of alkyl halides is 6. The maximum Gasteiger partial charge on any atom is 0.490 e. The van der Waals surface area contributed by atoms with E-state index in [0.717, 1.165) is 18.4 Å². The second-order valence-electron chi connectivity index (χ2n) is 10.7. The Labute approximate surface area is 298 Å². The first kappa shape index (κ1) is 46.8. The summed E-state index contributed by atoms with van der Waals surface area (Å²) in [5.74, 6) is -3.35. The molecule has 0 aliphatic rings. The molecule has 15 nitrogen and oxygen atoms in total. The standard InChI is InChI=1S/C28H36N8O3.C2HF3O2.CHF3.CH2O2/c1-4-5-10-32-27(38)21-11-20(12-22(29)13-21)23-15-34-26(35-17(2)3)28(39)36(23)16-24(37)33-14-18-6-8-19(9-7-18)25(30)31;3-2(4,5)1(6)7;2-1(3)4;2-1-3/h6-9,11-13,15,17H,4-5,10,14,16,29H2,1-3H3,(H3,30,31)(H,32,38)(H,33,37)(H,34,35);(H,6,7);1H;1H,(H,2,3). The molecule has 3 rings (SSSR count). The van der Waals surface area contributed by atoms with E-state index in [-0.39, 0.29) is 43.2 Å². The molecule has 0 spiro atoms. The van der Waals surface area contributed by atoms with Crippen molar-refractivity contribution in [2.24, 2.45) is 5.73 Å². The Bertz CT molecular complexity index is 1720. The molecule has 0 saturated heterocycles. The monoisotopic (exact) mass is 762 g/mol. The number of nitrogens with two attached hydrogens (primary N) is 2. The second-order valence-corrected chi connectivity index (χ2v) is 10.7. The third-order valence-corrected chi connectivity index (χ3v) is 6.11. The fraction of sp³-hybridized carbons (Fsp3) is 0.344. The van der Waals surface area contributed by atoms with E-state index >= 15 is 0 Å². The van der Waals surface area contributed by atoms with Gasteiger partial charge in [0.2, 0.25) is 5.91 Å². The molecule has 10 N–H and O–H groups in total. The predicted octanol–water partition coefficient (Wildman–Crippen LogP) is 3.96. The van der Waals surface area contributed by atoms with Crippen LogP contribution in [0.3, 0.4) is 0 Å². The smallest absolute Gasteiger partial charge is 0.483 e. The molecule has 0 atom stereocenters. The molecular weight excluding hydrogens is 722 g/mol. The van der Waals surface area contributed by atoms with E-state index in [1.165, 1.54) is 10.8 Å². The van der Waals surface area contributed by atoms with Crippen LogP contribution in [0.1, 0.15) is 55.1 Å². The molecule has 0 aliphatic heterocycles. The van der Waals surface area contributed by atoms with Crippen molar-refractivity contribution in [3.63, 3.8) is 0 Å². The van der Waals surface area contributed by atoms with Gasteiger partial charge in [0.05, 0.1) is 11.9 Å². The van der Waals surface area contributed by atoms with Crippen LogP contribution in [0.4, 0.5) is 37.8 Å². The Hall–Kier alpha value is -6.15. The number of anilines is 2. The number of unbranched alkanes of at least 4 members (excludes halogenated alkanes) is 1. The summed E-state index contributed by atoms with van der Waals surface area (Å²) in [5, 5.41) is 30.2. The summed E-state index contributed by atoms with van der Waals surface area (Å²) in [6.45, 7) is 2.37. The van der Waals surface area contributed by atoms with Gasteiger partial charge in [0.25, 0.3) is 17.9 Å². The minimum Gasteiger partial charge on any atom is -0.483 e. The van der Waals surface area contributed by atoms with Crippen LogP contribution >= 0.6 is 0 Å². The Balaban J connectivity index is 0.00000164. The van der Waals surface area contributed by atoms with Gasteiger partial charge in [-0.3, -0.25) is 29.2 Å². The normalized spacial score (nSPS) is 10.3. The van der Waals surface area contributed by atoms with Crippen molar-refractivity contribution < 1.29 is 55.7 Å². The van der Waals surface area contributed by atoms with Crippen LogP contribution in [-0.2, 0) is 27.5 Å². The van der Waals surface area contributed by atoms with E-state index in [1.807, 2.05) is 20.8 Å². The van der Waals surface area contributed by atoms with Gasteiger partial charge in [-0.25, -0.2) is 9.78 Å². The summed E-state index contributed by atoms with van der Waals surface area (Å²) < 4.78 is 62.1. The molecule has 2 aromatic carbocycles. The second kappa shape index (κ2) is 23.3. The number of hydrogen-bond donors (Lipinski definition) is 8. The Morgan fingerprint density at radius 3 is 2.06 bits per heavy atom. The Morgan fingerprint density at radius 1 is 1.04 bits per heavy atom. The first-order valence-electron chi connectivity index (χ1n) is 15.2. The number of amides is 2.